The number of aryl methyl sites for hydroxylation is 2. The zero-order valence-electron chi connectivity index (χ0n) is 12.4. The van der Waals surface area contributed by atoms with E-state index in [0.29, 0.717) is 5.92 Å². The van der Waals surface area contributed by atoms with Crippen LogP contribution in [0.4, 0.5) is 0 Å². The van der Waals surface area contributed by atoms with Gasteiger partial charge in [0.1, 0.15) is 0 Å². The number of hydrogen-bond acceptors (Lipinski definition) is 4. The van der Waals surface area contributed by atoms with Crippen molar-refractivity contribution in [3.05, 3.63) is 15.9 Å². The van der Waals surface area contributed by atoms with Crippen LogP contribution >= 0.6 is 15.9 Å². The Kier molecular flexibility index (Phi) is 5.21. The molecule has 1 fully saturated rings. The summed E-state index contributed by atoms with van der Waals surface area (Å²) in [6, 6.07) is 0. The van der Waals surface area contributed by atoms with Gasteiger partial charge in [-0.3, -0.25) is 9.58 Å². The first-order valence-electron chi connectivity index (χ1n) is 7.24. The second-order valence-electron chi connectivity index (χ2n) is 5.37. The minimum absolute atomic E-state index is 0.367. The largest absolute Gasteiger partial charge is 0.411 e. The molecule has 112 valence electrons. The SMILES string of the molecule is CCc1nn(C)c(CN2CCC(=NO)C(CC)C2)c1Br. The van der Waals surface area contributed by atoms with Crippen LogP contribution in [0.3, 0.4) is 0 Å². The van der Waals surface area contributed by atoms with Crippen molar-refractivity contribution in [2.75, 3.05) is 13.1 Å². The van der Waals surface area contributed by atoms with E-state index in [1.165, 1.54) is 5.69 Å². The summed E-state index contributed by atoms with van der Waals surface area (Å²) < 4.78 is 3.11. The molecule has 1 unspecified atom stereocenters. The van der Waals surface area contributed by atoms with Gasteiger partial charge in [0.05, 0.1) is 21.6 Å². The highest BCUT2D eigenvalue weighted by Crippen LogP contribution is 2.25. The van der Waals surface area contributed by atoms with Crippen molar-refractivity contribution in [3.63, 3.8) is 0 Å². The maximum Gasteiger partial charge on any atom is 0.0767 e. The van der Waals surface area contributed by atoms with Crippen LogP contribution in [0.5, 0.6) is 0 Å². The summed E-state index contributed by atoms with van der Waals surface area (Å²) in [5, 5.41) is 17.0. The molecule has 2 heterocycles. The van der Waals surface area contributed by atoms with Gasteiger partial charge < -0.3 is 5.21 Å². The normalized spacial score (nSPS) is 22.6. The third-order valence-corrected chi connectivity index (χ3v) is 5.05. The Morgan fingerprint density at radius 3 is 2.75 bits per heavy atom. The molecule has 1 aromatic rings. The molecule has 2 rings (SSSR count). The highest BCUT2D eigenvalue weighted by molar-refractivity contribution is 9.10. The summed E-state index contributed by atoms with van der Waals surface area (Å²) >= 11 is 3.67. The van der Waals surface area contributed by atoms with Gasteiger partial charge >= 0.3 is 0 Å². The highest BCUT2D eigenvalue weighted by atomic mass is 79.9. The second kappa shape index (κ2) is 6.72. The summed E-state index contributed by atoms with van der Waals surface area (Å²) in [6.07, 6.45) is 2.81. The first-order valence-corrected chi connectivity index (χ1v) is 8.03. The molecule has 0 aliphatic carbocycles. The lowest BCUT2D eigenvalue weighted by Gasteiger charge is -2.32. The van der Waals surface area contributed by atoms with Gasteiger partial charge in [-0.25, -0.2) is 0 Å². The predicted molar refractivity (Wildman–Crippen MR) is 83.2 cm³/mol. The van der Waals surface area contributed by atoms with Crippen LogP contribution in [0.2, 0.25) is 0 Å². The average Bonchev–Trinajstić information content (AvgIpc) is 2.74. The predicted octanol–water partition coefficient (Wildman–Crippen LogP) is 2.81. The zero-order chi connectivity index (χ0) is 14.7. The van der Waals surface area contributed by atoms with Gasteiger partial charge in [-0.15, -0.1) is 0 Å². The lowest BCUT2D eigenvalue weighted by Crippen LogP contribution is -2.40. The number of piperidine rings is 1. The molecule has 20 heavy (non-hydrogen) atoms. The van der Waals surface area contributed by atoms with Gasteiger partial charge in [0.15, 0.2) is 0 Å². The molecule has 5 nitrogen and oxygen atoms in total. The lowest BCUT2D eigenvalue weighted by atomic mass is 9.93. The second-order valence-corrected chi connectivity index (χ2v) is 6.16. The first-order chi connectivity index (χ1) is 9.60. The fourth-order valence-electron chi connectivity index (χ4n) is 2.83. The number of halogens is 1. The van der Waals surface area contributed by atoms with Gasteiger partial charge in [-0.1, -0.05) is 19.0 Å². The van der Waals surface area contributed by atoms with E-state index in [2.05, 4.69) is 44.9 Å². The molecule has 0 spiro atoms. The number of likely N-dealkylation sites (tertiary alicyclic amines) is 1. The molecule has 1 N–H and O–H groups in total. The van der Waals surface area contributed by atoms with Gasteiger partial charge in [-0.05, 0) is 28.8 Å². The number of hydrogen-bond donors (Lipinski definition) is 1. The van der Waals surface area contributed by atoms with Crippen molar-refractivity contribution < 1.29 is 5.21 Å². The van der Waals surface area contributed by atoms with E-state index in [0.717, 1.165) is 54.8 Å². The highest BCUT2D eigenvalue weighted by Gasteiger charge is 2.26. The summed E-state index contributed by atoms with van der Waals surface area (Å²) in [6.45, 7) is 7.05. The molecule has 0 bridgehead atoms. The molecule has 1 aliphatic rings. The van der Waals surface area contributed by atoms with E-state index in [1.807, 2.05) is 11.7 Å². The van der Waals surface area contributed by atoms with Crippen LogP contribution in [-0.2, 0) is 20.0 Å². The minimum Gasteiger partial charge on any atom is -0.411 e. The number of nitrogens with zero attached hydrogens (tertiary/aromatic N) is 4. The van der Waals surface area contributed by atoms with Crippen LogP contribution in [0, 0.1) is 5.92 Å². The quantitative estimate of drug-likeness (QED) is 0.676. The van der Waals surface area contributed by atoms with Crippen LogP contribution in [0.1, 0.15) is 38.1 Å². The van der Waals surface area contributed by atoms with E-state index in [9.17, 15) is 0 Å². The molecule has 0 amide bonds. The maximum atomic E-state index is 9.04. The fourth-order valence-corrected chi connectivity index (χ4v) is 3.57. The minimum atomic E-state index is 0.367. The van der Waals surface area contributed by atoms with Crippen molar-refractivity contribution in [2.24, 2.45) is 18.1 Å². The van der Waals surface area contributed by atoms with Gasteiger partial charge in [0.2, 0.25) is 0 Å². The zero-order valence-corrected chi connectivity index (χ0v) is 14.0. The van der Waals surface area contributed by atoms with Gasteiger partial charge in [0, 0.05) is 39.0 Å². The van der Waals surface area contributed by atoms with Gasteiger partial charge in [-0.2, -0.15) is 5.10 Å². The third kappa shape index (κ3) is 3.06. The van der Waals surface area contributed by atoms with Crippen LogP contribution in [0.25, 0.3) is 0 Å². The Morgan fingerprint density at radius 1 is 1.45 bits per heavy atom. The summed E-state index contributed by atoms with van der Waals surface area (Å²) in [7, 11) is 2.00. The summed E-state index contributed by atoms with van der Waals surface area (Å²) in [4.78, 5) is 2.42. The van der Waals surface area contributed by atoms with Crippen molar-refractivity contribution in [1.29, 1.82) is 0 Å². The topological polar surface area (TPSA) is 53.7 Å². The third-order valence-electron chi connectivity index (χ3n) is 4.13. The molecule has 6 heteroatoms. The maximum absolute atomic E-state index is 9.04. The molecule has 1 saturated heterocycles. The van der Waals surface area contributed by atoms with Gasteiger partial charge in [0.25, 0.3) is 0 Å². The molecule has 0 radical (unpaired) electrons. The van der Waals surface area contributed by atoms with Crippen molar-refractivity contribution in [3.8, 4) is 0 Å². The van der Waals surface area contributed by atoms with Crippen molar-refractivity contribution in [1.82, 2.24) is 14.7 Å². The van der Waals surface area contributed by atoms with Crippen molar-refractivity contribution >= 4 is 21.6 Å². The fraction of sp³-hybridized carbons (Fsp3) is 0.714. The first kappa shape index (κ1) is 15.5. The number of aromatic nitrogens is 2. The summed E-state index contributed by atoms with van der Waals surface area (Å²) in [5.74, 6) is 0.367. The van der Waals surface area contributed by atoms with Crippen molar-refractivity contribution in [2.45, 2.75) is 39.7 Å². The Bertz CT molecular complexity index is 498. The average molecular weight is 343 g/mol. The summed E-state index contributed by atoms with van der Waals surface area (Å²) in [5.41, 5.74) is 3.28. The molecule has 1 aliphatic heterocycles. The van der Waals surface area contributed by atoms with Crippen LogP contribution < -0.4 is 0 Å². The Labute approximate surface area is 128 Å². The Hall–Kier alpha value is -0.880. The molecular weight excluding hydrogens is 320 g/mol. The van der Waals surface area contributed by atoms with E-state index in [-0.39, 0.29) is 0 Å². The van der Waals surface area contributed by atoms with E-state index in [1.54, 1.807) is 0 Å². The van der Waals surface area contributed by atoms with E-state index in [4.69, 9.17) is 5.21 Å². The molecule has 0 aromatic carbocycles. The standard InChI is InChI=1S/C14H23BrN4O/c1-4-10-8-19(7-6-12(10)17-20)9-13-14(15)11(5-2)16-18(13)3/h10,20H,4-9H2,1-3H3. The molecule has 1 atom stereocenters. The van der Waals surface area contributed by atoms with Crippen LogP contribution in [0.15, 0.2) is 9.63 Å². The number of rotatable bonds is 4. The Balaban J connectivity index is 2.10. The smallest absolute Gasteiger partial charge is 0.0767 e. The molecule has 1 aromatic heterocycles. The van der Waals surface area contributed by atoms with Crippen LogP contribution in [-0.4, -0.2) is 38.7 Å². The molecule has 0 saturated carbocycles. The number of oxime groups is 1. The Morgan fingerprint density at radius 2 is 2.20 bits per heavy atom. The molecular formula is C14H23BrN4O. The van der Waals surface area contributed by atoms with E-state index < -0.39 is 0 Å². The van der Waals surface area contributed by atoms with E-state index >= 15 is 0 Å². The lowest BCUT2D eigenvalue weighted by molar-refractivity contribution is 0.215. The monoisotopic (exact) mass is 342 g/mol.